The van der Waals surface area contributed by atoms with Crippen molar-refractivity contribution in [2.24, 2.45) is 5.92 Å². The second-order valence-electron chi connectivity index (χ2n) is 7.14. The second-order valence-corrected chi connectivity index (χ2v) is 7.14. The van der Waals surface area contributed by atoms with Gasteiger partial charge in [-0.25, -0.2) is 0 Å². The topological polar surface area (TPSA) is 95.6 Å². The van der Waals surface area contributed by atoms with E-state index in [1.807, 2.05) is 0 Å². The van der Waals surface area contributed by atoms with Gasteiger partial charge in [0.2, 0.25) is 17.6 Å². The van der Waals surface area contributed by atoms with E-state index in [-0.39, 0.29) is 24.8 Å². The number of amides is 2. The zero-order valence-corrected chi connectivity index (χ0v) is 17.6. The highest BCUT2D eigenvalue weighted by Gasteiger charge is 2.36. The number of benzene rings is 2. The summed E-state index contributed by atoms with van der Waals surface area (Å²) >= 11 is 0. The maximum absolute atomic E-state index is 12.9. The lowest BCUT2D eigenvalue weighted by Crippen LogP contribution is -2.28. The van der Waals surface area contributed by atoms with E-state index in [2.05, 4.69) is 5.32 Å². The number of carbonyl (C=O) groups excluding carboxylic acids is 2. The van der Waals surface area contributed by atoms with Gasteiger partial charge in [0.05, 0.1) is 27.2 Å². The summed E-state index contributed by atoms with van der Waals surface area (Å²) in [5, 5.41) is 2.85. The minimum Gasteiger partial charge on any atom is -0.493 e. The van der Waals surface area contributed by atoms with Crippen LogP contribution in [-0.2, 0) is 9.59 Å². The minimum absolute atomic E-state index is 0.116. The third kappa shape index (κ3) is 4.03. The highest BCUT2D eigenvalue weighted by atomic mass is 16.6. The third-order valence-corrected chi connectivity index (χ3v) is 5.27. The van der Waals surface area contributed by atoms with Gasteiger partial charge in [0.1, 0.15) is 13.2 Å². The Morgan fingerprint density at radius 3 is 2.32 bits per heavy atom. The molecule has 0 spiro atoms. The summed E-state index contributed by atoms with van der Waals surface area (Å²) in [6, 6.07) is 8.64. The first-order chi connectivity index (χ1) is 15.0. The summed E-state index contributed by atoms with van der Waals surface area (Å²) in [6.45, 7) is 1.23. The van der Waals surface area contributed by atoms with E-state index in [1.54, 1.807) is 35.2 Å². The molecule has 9 heteroatoms. The SMILES string of the molecule is COc1cc(NC(=O)[C@@H]2CC(=O)N(c3ccc4c(c3)OCCO4)C2)cc(OC)c1OC. The van der Waals surface area contributed by atoms with Crippen molar-refractivity contribution in [2.75, 3.05) is 51.3 Å². The van der Waals surface area contributed by atoms with Crippen LogP contribution in [0.15, 0.2) is 30.3 Å². The number of anilines is 2. The molecule has 164 valence electrons. The Bertz CT molecular complexity index is 982. The number of ether oxygens (including phenoxy) is 5. The standard InChI is InChI=1S/C22H24N2O7/c1-27-18-9-14(10-19(28-2)21(18)29-3)23-22(26)13-8-20(25)24(12-13)15-4-5-16-17(11-15)31-7-6-30-16/h4-5,9-11,13H,6-8,12H2,1-3H3,(H,23,26)/t13-/m1/s1. The molecule has 0 aliphatic carbocycles. The molecule has 9 nitrogen and oxygen atoms in total. The van der Waals surface area contributed by atoms with Gasteiger partial charge in [0.25, 0.3) is 0 Å². The van der Waals surface area contributed by atoms with Gasteiger partial charge < -0.3 is 33.9 Å². The Hall–Kier alpha value is -3.62. The van der Waals surface area contributed by atoms with Crippen LogP contribution in [0, 0.1) is 5.92 Å². The smallest absolute Gasteiger partial charge is 0.229 e. The Kier molecular flexibility index (Phi) is 5.75. The molecule has 2 aromatic rings. The summed E-state index contributed by atoms with van der Waals surface area (Å²) in [7, 11) is 4.52. The van der Waals surface area contributed by atoms with Crippen LogP contribution >= 0.6 is 0 Å². The first-order valence-corrected chi connectivity index (χ1v) is 9.85. The highest BCUT2D eigenvalue weighted by Crippen LogP contribution is 2.40. The first-order valence-electron chi connectivity index (χ1n) is 9.85. The molecule has 0 aromatic heterocycles. The van der Waals surface area contributed by atoms with Crippen molar-refractivity contribution in [2.45, 2.75) is 6.42 Å². The molecule has 4 rings (SSSR count). The summed E-state index contributed by atoms with van der Waals surface area (Å²) in [6.07, 6.45) is 0.116. The summed E-state index contributed by atoms with van der Waals surface area (Å²) in [5.41, 5.74) is 1.17. The van der Waals surface area contributed by atoms with E-state index in [0.29, 0.717) is 53.3 Å². The molecule has 1 atom stereocenters. The molecule has 2 heterocycles. The molecule has 31 heavy (non-hydrogen) atoms. The normalized spacial score (nSPS) is 17.3. The van der Waals surface area contributed by atoms with E-state index in [4.69, 9.17) is 23.7 Å². The third-order valence-electron chi connectivity index (χ3n) is 5.27. The fourth-order valence-corrected chi connectivity index (χ4v) is 3.73. The maximum Gasteiger partial charge on any atom is 0.229 e. The van der Waals surface area contributed by atoms with E-state index in [9.17, 15) is 9.59 Å². The van der Waals surface area contributed by atoms with Gasteiger partial charge in [-0.1, -0.05) is 0 Å². The van der Waals surface area contributed by atoms with Crippen LogP contribution in [0.2, 0.25) is 0 Å². The molecule has 1 fully saturated rings. The average molecular weight is 428 g/mol. The minimum atomic E-state index is -0.500. The van der Waals surface area contributed by atoms with Crippen molar-refractivity contribution >= 4 is 23.2 Å². The number of rotatable bonds is 6. The Morgan fingerprint density at radius 2 is 1.68 bits per heavy atom. The van der Waals surface area contributed by atoms with Crippen molar-refractivity contribution in [3.8, 4) is 28.7 Å². The van der Waals surface area contributed by atoms with Gasteiger partial charge in [-0.2, -0.15) is 0 Å². The summed E-state index contributed by atoms with van der Waals surface area (Å²) in [4.78, 5) is 27.1. The maximum atomic E-state index is 12.9. The molecular weight excluding hydrogens is 404 g/mol. The molecule has 1 saturated heterocycles. The Morgan fingerprint density at radius 1 is 1.00 bits per heavy atom. The molecule has 2 aliphatic rings. The summed E-state index contributed by atoms with van der Waals surface area (Å²) < 4.78 is 27.1. The Balaban J connectivity index is 1.49. The average Bonchev–Trinajstić information content (AvgIpc) is 3.19. The van der Waals surface area contributed by atoms with Crippen LogP contribution in [-0.4, -0.2) is 52.9 Å². The van der Waals surface area contributed by atoms with Crippen LogP contribution in [0.3, 0.4) is 0 Å². The van der Waals surface area contributed by atoms with Crippen LogP contribution in [0.1, 0.15) is 6.42 Å². The van der Waals surface area contributed by atoms with E-state index in [0.717, 1.165) is 0 Å². The van der Waals surface area contributed by atoms with Gasteiger partial charge >= 0.3 is 0 Å². The fourth-order valence-electron chi connectivity index (χ4n) is 3.73. The Labute approximate surface area is 179 Å². The molecule has 1 N–H and O–H groups in total. The second kappa shape index (κ2) is 8.63. The van der Waals surface area contributed by atoms with Crippen molar-refractivity contribution in [1.82, 2.24) is 0 Å². The van der Waals surface area contributed by atoms with Crippen LogP contribution in [0.5, 0.6) is 28.7 Å². The van der Waals surface area contributed by atoms with E-state index >= 15 is 0 Å². The molecule has 2 aliphatic heterocycles. The van der Waals surface area contributed by atoms with Crippen molar-refractivity contribution in [3.63, 3.8) is 0 Å². The monoisotopic (exact) mass is 428 g/mol. The van der Waals surface area contributed by atoms with Gasteiger partial charge in [-0.3, -0.25) is 9.59 Å². The predicted molar refractivity (Wildman–Crippen MR) is 113 cm³/mol. The number of nitrogens with zero attached hydrogens (tertiary/aromatic N) is 1. The number of hydrogen-bond donors (Lipinski definition) is 1. The fraction of sp³-hybridized carbons (Fsp3) is 0.364. The van der Waals surface area contributed by atoms with Gasteiger partial charge in [0.15, 0.2) is 23.0 Å². The number of nitrogens with one attached hydrogen (secondary N) is 1. The molecular formula is C22H24N2O7. The molecule has 0 saturated carbocycles. The lowest BCUT2D eigenvalue weighted by atomic mass is 10.1. The zero-order valence-electron chi connectivity index (χ0n) is 17.6. The molecule has 0 radical (unpaired) electrons. The zero-order chi connectivity index (χ0) is 22.0. The van der Waals surface area contributed by atoms with E-state index < -0.39 is 5.92 Å². The number of hydrogen-bond acceptors (Lipinski definition) is 7. The van der Waals surface area contributed by atoms with Crippen LogP contribution < -0.4 is 33.9 Å². The highest BCUT2D eigenvalue weighted by molar-refractivity contribution is 6.03. The van der Waals surface area contributed by atoms with Gasteiger partial charge in [0, 0.05) is 42.5 Å². The number of methoxy groups -OCH3 is 3. The molecule has 0 unspecified atom stereocenters. The largest absolute Gasteiger partial charge is 0.493 e. The summed E-state index contributed by atoms with van der Waals surface area (Å²) in [5.74, 6) is 1.66. The van der Waals surface area contributed by atoms with Crippen molar-refractivity contribution in [1.29, 1.82) is 0 Å². The first kappa shape index (κ1) is 20.6. The lowest BCUT2D eigenvalue weighted by Gasteiger charge is -2.22. The number of fused-ring (bicyclic) bond motifs is 1. The quantitative estimate of drug-likeness (QED) is 0.755. The molecule has 2 amide bonds. The molecule has 2 aromatic carbocycles. The number of carbonyl (C=O) groups is 2. The molecule has 0 bridgehead atoms. The van der Waals surface area contributed by atoms with Crippen molar-refractivity contribution < 1.29 is 33.3 Å². The van der Waals surface area contributed by atoms with Gasteiger partial charge in [-0.05, 0) is 12.1 Å². The lowest BCUT2D eigenvalue weighted by molar-refractivity contribution is -0.122. The van der Waals surface area contributed by atoms with Crippen LogP contribution in [0.4, 0.5) is 11.4 Å². The van der Waals surface area contributed by atoms with Gasteiger partial charge in [-0.15, -0.1) is 0 Å². The van der Waals surface area contributed by atoms with Crippen LogP contribution in [0.25, 0.3) is 0 Å². The predicted octanol–water partition coefficient (Wildman–Crippen LogP) is 2.48. The van der Waals surface area contributed by atoms with Crippen molar-refractivity contribution in [3.05, 3.63) is 30.3 Å². The van der Waals surface area contributed by atoms with E-state index in [1.165, 1.54) is 21.3 Å².